The van der Waals surface area contributed by atoms with Crippen LogP contribution in [0.15, 0.2) is 12.1 Å². The van der Waals surface area contributed by atoms with Crippen LogP contribution in [-0.4, -0.2) is 18.4 Å². The average Bonchev–Trinajstić information content (AvgIpc) is 2.61. The second kappa shape index (κ2) is 5.31. The molecule has 0 saturated carbocycles. The van der Waals surface area contributed by atoms with Crippen molar-refractivity contribution in [3.8, 4) is 0 Å². The molecule has 1 rings (SSSR count). The molecular weight excluding hydrogens is 236 g/mol. The van der Waals surface area contributed by atoms with Crippen LogP contribution in [0.5, 0.6) is 0 Å². The predicted molar refractivity (Wildman–Crippen MR) is 68.7 cm³/mol. The third-order valence-electron chi connectivity index (χ3n) is 2.53. The zero-order chi connectivity index (χ0) is 13.1. The number of thiophene rings is 1. The van der Waals surface area contributed by atoms with E-state index in [0.717, 1.165) is 4.88 Å². The molecule has 0 aliphatic rings. The van der Waals surface area contributed by atoms with Crippen molar-refractivity contribution in [2.45, 2.75) is 27.2 Å². The minimum atomic E-state index is -0.707. The van der Waals surface area contributed by atoms with Crippen LogP contribution in [-0.2, 0) is 16.0 Å². The molecule has 1 aromatic heterocycles. The number of amides is 2. The lowest BCUT2D eigenvalue weighted by Gasteiger charge is -2.20. The Morgan fingerprint density at radius 1 is 1.41 bits per heavy atom. The Kier molecular flexibility index (Phi) is 4.28. The number of nitrogens with two attached hydrogens (primary N) is 1. The number of rotatable bonds is 5. The smallest absolute Gasteiger partial charge is 0.225 e. The normalized spacial score (nSPS) is 11.2. The fourth-order valence-corrected chi connectivity index (χ4v) is 2.10. The Labute approximate surface area is 105 Å². The first-order valence-electron chi connectivity index (χ1n) is 5.43. The number of carbonyl (C=O) groups excluding carboxylic acids is 2. The third kappa shape index (κ3) is 4.19. The highest BCUT2D eigenvalue weighted by Crippen LogP contribution is 2.16. The van der Waals surface area contributed by atoms with Gasteiger partial charge in [0.05, 0.1) is 11.8 Å². The Morgan fingerprint density at radius 3 is 2.53 bits per heavy atom. The molecule has 0 aliphatic carbocycles. The van der Waals surface area contributed by atoms with Crippen LogP contribution in [0.4, 0.5) is 0 Å². The lowest BCUT2D eigenvalue weighted by Crippen LogP contribution is -2.42. The van der Waals surface area contributed by atoms with E-state index < -0.39 is 11.3 Å². The van der Waals surface area contributed by atoms with Crippen molar-refractivity contribution in [2.75, 3.05) is 6.54 Å². The molecule has 0 saturated heterocycles. The molecule has 0 radical (unpaired) electrons. The van der Waals surface area contributed by atoms with Crippen LogP contribution in [0.25, 0.3) is 0 Å². The lowest BCUT2D eigenvalue weighted by atomic mass is 9.93. The fraction of sp³-hybridized carbons (Fsp3) is 0.500. The van der Waals surface area contributed by atoms with E-state index in [0.29, 0.717) is 6.42 Å². The first-order chi connectivity index (χ1) is 7.81. The van der Waals surface area contributed by atoms with Crippen LogP contribution < -0.4 is 11.1 Å². The van der Waals surface area contributed by atoms with Crippen molar-refractivity contribution in [3.63, 3.8) is 0 Å². The van der Waals surface area contributed by atoms with Gasteiger partial charge in [-0.15, -0.1) is 11.3 Å². The average molecular weight is 254 g/mol. The van der Waals surface area contributed by atoms with Gasteiger partial charge in [-0.2, -0.15) is 0 Å². The van der Waals surface area contributed by atoms with Crippen LogP contribution in [0, 0.1) is 12.3 Å². The second-order valence-corrected chi connectivity index (χ2v) is 6.09. The predicted octanol–water partition coefficient (Wildman–Crippen LogP) is 1.23. The summed E-state index contributed by atoms with van der Waals surface area (Å²) in [5, 5.41) is 2.73. The summed E-state index contributed by atoms with van der Waals surface area (Å²) in [6.45, 7) is 5.70. The summed E-state index contributed by atoms with van der Waals surface area (Å²) in [6.07, 6.45) is 0.355. The molecule has 4 nitrogen and oxygen atoms in total. The molecule has 1 aromatic rings. The van der Waals surface area contributed by atoms with Gasteiger partial charge in [0.1, 0.15) is 0 Å². The summed E-state index contributed by atoms with van der Waals surface area (Å²) >= 11 is 1.60. The van der Waals surface area contributed by atoms with E-state index in [1.807, 2.05) is 19.1 Å². The van der Waals surface area contributed by atoms with E-state index in [-0.39, 0.29) is 12.5 Å². The molecule has 1 heterocycles. The van der Waals surface area contributed by atoms with Gasteiger partial charge in [0.15, 0.2) is 0 Å². The molecule has 0 spiro atoms. The Bertz CT molecular complexity index is 424. The zero-order valence-electron chi connectivity index (χ0n) is 10.4. The Morgan fingerprint density at radius 2 is 2.06 bits per heavy atom. The quantitative estimate of drug-likeness (QED) is 0.829. The monoisotopic (exact) mass is 254 g/mol. The summed E-state index contributed by atoms with van der Waals surface area (Å²) < 4.78 is 0. The highest BCUT2D eigenvalue weighted by molar-refractivity contribution is 7.12. The van der Waals surface area contributed by atoms with Gasteiger partial charge in [0.25, 0.3) is 0 Å². The van der Waals surface area contributed by atoms with E-state index in [2.05, 4.69) is 5.32 Å². The minimum absolute atomic E-state index is 0.0822. The largest absolute Gasteiger partial charge is 0.369 e. The van der Waals surface area contributed by atoms with E-state index in [1.165, 1.54) is 4.88 Å². The molecule has 2 amide bonds. The van der Waals surface area contributed by atoms with Crippen molar-refractivity contribution in [2.24, 2.45) is 11.1 Å². The van der Waals surface area contributed by atoms with Gasteiger partial charge in [-0.3, -0.25) is 9.59 Å². The molecule has 94 valence electrons. The van der Waals surface area contributed by atoms with Gasteiger partial charge in [-0.25, -0.2) is 0 Å². The van der Waals surface area contributed by atoms with E-state index >= 15 is 0 Å². The maximum Gasteiger partial charge on any atom is 0.225 e. The summed E-state index contributed by atoms with van der Waals surface area (Å²) in [6, 6.07) is 3.93. The topological polar surface area (TPSA) is 72.2 Å². The highest BCUT2D eigenvalue weighted by atomic mass is 32.1. The van der Waals surface area contributed by atoms with Crippen molar-refractivity contribution in [1.82, 2.24) is 5.32 Å². The van der Waals surface area contributed by atoms with Crippen molar-refractivity contribution in [1.29, 1.82) is 0 Å². The Hall–Kier alpha value is -1.36. The van der Waals surface area contributed by atoms with Gasteiger partial charge in [0.2, 0.25) is 11.8 Å². The number of carbonyl (C=O) groups is 2. The van der Waals surface area contributed by atoms with Crippen LogP contribution in [0.1, 0.15) is 23.6 Å². The van der Waals surface area contributed by atoms with E-state index in [4.69, 9.17) is 5.73 Å². The second-order valence-electron chi connectivity index (χ2n) is 4.71. The molecule has 17 heavy (non-hydrogen) atoms. The maximum atomic E-state index is 11.6. The molecule has 0 aliphatic heterocycles. The van der Waals surface area contributed by atoms with Crippen molar-refractivity contribution < 1.29 is 9.59 Å². The highest BCUT2D eigenvalue weighted by Gasteiger charge is 2.25. The number of hydrogen-bond acceptors (Lipinski definition) is 3. The lowest BCUT2D eigenvalue weighted by molar-refractivity contribution is -0.126. The maximum absolute atomic E-state index is 11.6. The summed E-state index contributed by atoms with van der Waals surface area (Å²) in [4.78, 5) is 24.9. The van der Waals surface area contributed by atoms with Gasteiger partial charge in [-0.05, 0) is 32.9 Å². The first-order valence-corrected chi connectivity index (χ1v) is 6.25. The molecular formula is C12H18N2O2S. The van der Waals surface area contributed by atoms with Crippen LogP contribution in [0.2, 0.25) is 0 Å². The van der Waals surface area contributed by atoms with Gasteiger partial charge in [0, 0.05) is 16.3 Å². The summed E-state index contributed by atoms with van der Waals surface area (Å²) in [5.41, 5.74) is 4.52. The van der Waals surface area contributed by atoms with Gasteiger partial charge < -0.3 is 11.1 Å². The Balaban J connectivity index is 2.43. The molecule has 3 N–H and O–H groups in total. The molecule has 0 unspecified atom stereocenters. The fourth-order valence-electron chi connectivity index (χ4n) is 1.21. The molecule has 0 fully saturated rings. The minimum Gasteiger partial charge on any atom is -0.369 e. The molecule has 5 heteroatoms. The van der Waals surface area contributed by atoms with Gasteiger partial charge in [-0.1, -0.05) is 0 Å². The van der Waals surface area contributed by atoms with Crippen molar-refractivity contribution in [3.05, 3.63) is 21.9 Å². The SMILES string of the molecule is Cc1ccc(CC(=O)NCC(C)(C)C(N)=O)s1. The van der Waals surface area contributed by atoms with E-state index in [1.54, 1.807) is 25.2 Å². The van der Waals surface area contributed by atoms with E-state index in [9.17, 15) is 9.59 Å². The number of primary amides is 1. The number of nitrogens with one attached hydrogen (secondary N) is 1. The molecule has 0 atom stereocenters. The standard InChI is InChI=1S/C12H18N2O2S/c1-8-4-5-9(17-8)6-10(15)14-7-12(2,3)11(13)16/h4-5H,6-7H2,1-3H3,(H2,13,16)(H,14,15). The molecule has 0 aromatic carbocycles. The van der Waals surface area contributed by atoms with Gasteiger partial charge >= 0.3 is 0 Å². The zero-order valence-corrected chi connectivity index (χ0v) is 11.2. The molecule has 0 bridgehead atoms. The van der Waals surface area contributed by atoms with Crippen LogP contribution >= 0.6 is 11.3 Å². The van der Waals surface area contributed by atoms with Crippen molar-refractivity contribution >= 4 is 23.2 Å². The summed E-state index contributed by atoms with van der Waals surface area (Å²) in [5.74, 6) is -0.494. The first kappa shape index (κ1) is 13.7. The number of aryl methyl sites for hydroxylation is 1. The third-order valence-corrected chi connectivity index (χ3v) is 3.53. The summed E-state index contributed by atoms with van der Waals surface area (Å²) in [7, 11) is 0. The van der Waals surface area contributed by atoms with Crippen LogP contribution in [0.3, 0.4) is 0 Å². The number of hydrogen-bond donors (Lipinski definition) is 2.